The molecule has 0 aromatic carbocycles. The molecule has 86 valence electrons. The molecule has 1 aliphatic heterocycles. The lowest BCUT2D eigenvalue weighted by atomic mass is 10.3. The van der Waals surface area contributed by atoms with E-state index in [9.17, 15) is 4.79 Å². The van der Waals surface area contributed by atoms with Gasteiger partial charge in [0, 0.05) is 32.4 Å². The van der Waals surface area contributed by atoms with E-state index < -0.39 is 0 Å². The summed E-state index contributed by atoms with van der Waals surface area (Å²) in [5.74, 6) is 0.0231. The molecular formula is C11H16N4O. The van der Waals surface area contributed by atoms with Gasteiger partial charge in [0.25, 0.3) is 0 Å². The van der Waals surface area contributed by atoms with Gasteiger partial charge in [0.05, 0.1) is 18.4 Å². The number of nitrogens with zero attached hydrogens (tertiary/aromatic N) is 2. The van der Waals surface area contributed by atoms with Gasteiger partial charge in [0.15, 0.2) is 0 Å². The molecule has 0 aliphatic carbocycles. The molecule has 1 amide bonds. The molecule has 0 unspecified atom stereocenters. The highest BCUT2D eigenvalue weighted by molar-refractivity contribution is 5.92. The number of amides is 1. The van der Waals surface area contributed by atoms with Crippen LogP contribution >= 0.6 is 0 Å². The first-order chi connectivity index (χ1) is 7.84. The van der Waals surface area contributed by atoms with Crippen LogP contribution < -0.4 is 10.6 Å². The maximum atomic E-state index is 11.7. The second kappa shape index (κ2) is 5.58. The topological polar surface area (TPSA) is 57.3 Å². The van der Waals surface area contributed by atoms with E-state index in [0.717, 1.165) is 31.9 Å². The number of rotatable bonds is 3. The summed E-state index contributed by atoms with van der Waals surface area (Å²) < 4.78 is 0. The number of carbonyl (C=O) groups is 1. The molecule has 1 saturated heterocycles. The van der Waals surface area contributed by atoms with Crippen LogP contribution in [0.25, 0.3) is 0 Å². The Morgan fingerprint density at radius 1 is 1.50 bits per heavy atom. The minimum absolute atomic E-state index is 0.0231. The summed E-state index contributed by atoms with van der Waals surface area (Å²) in [5.41, 5.74) is 0.752. The average Bonchev–Trinajstić information content (AvgIpc) is 2.31. The standard InChI is InChI=1S/C11H16N4O/c16-11(9-15-6-4-12-5-7-15)14-10-2-1-3-13-8-10/h1-3,8,12H,4-7,9H2,(H,14,16). The predicted molar refractivity (Wildman–Crippen MR) is 62.2 cm³/mol. The Morgan fingerprint density at radius 3 is 3.00 bits per heavy atom. The van der Waals surface area contributed by atoms with Gasteiger partial charge in [-0.25, -0.2) is 0 Å². The first-order valence-corrected chi connectivity index (χ1v) is 5.47. The molecule has 0 saturated carbocycles. The van der Waals surface area contributed by atoms with Gasteiger partial charge in [0.1, 0.15) is 0 Å². The largest absolute Gasteiger partial charge is 0.324 e. The second-order valence-corrected chi connectivity index (χ2v) is 3.82. The van der Waals surface area contributed by atoms with Crippen molar-refractivity contribution in [2.75, 3.05) is 38.0 Å². The lowest BCUT2D eigenvalue weighted by molar-refractivity contribution is -0.117. The SMILES string of the molecule is O=C(CN1CCNCC1)Nc1cccnc1. The monoisotopic (exact) mass is 220 g/mol. The molecule has 2 rings (SSSR count). The highest BCUT2D eigenvalue weighted by Crippen LogP contribution is 2.02. The highest BCUT2D eigenvalue weighted by Gasteiger charge is 2.13. The third-order valence-corrected chi connectivity index (χ3v) is 2.52. The number of carbonyl (C=O) groups excluding carboxylic acids is 1. The number of aromatic nitrogens is 1. The van der Waals surface area contributed by atoms with Crippen LogP contribution in [0.15, 0.2) is 24.5 Å². The third kappa shape index (κ3) is 3.29. The van der Waals surface area contributed by atoms with E-state index in [1.54, 1.807) is 18.5 Å². The first kappa shape index (κ1) is 11.0. The molecule has 1 aliphatic rings. The zero-order valence-corrected chi connectivity index (χ0v) is 9.15. The summed E-state index contributed by atoms with van der Waals surface area (Å²) in [7, 11) is 0. The Labute approximate surface area is 94.9 Å². The van der Waals surface area contributed by atoms with E-state index in [4.69, 9.17) is 0 Å². The molecule has 16 heavy (non-hydrogen) atoms. The molecule has 0 bridgehead atoms. The van der Waals surface area contributed by atoms with E-state index in [0.29, 0.717) is 6.54 Å². The molecule has 5 heteroatoms. The zero-order chi connectivity index (χ0) is 11.2. The van der Waals surface area contributed by atoms with Gasteiger partial charge in [-0.05, 0) is 12.1 Å². The van der Waals surface area contributed by atoms with Crippen LogP contribution in [0, 0.1) is 0 Å². The smallest absolute Gasteiger partial charge is 0.238 e. The van der Waals surface area contributed by atoms with Gasteiger partial charge in [-0.3, -0.25) is 14.7 Å². The van der Waals surface area contributed by atoms with Crippen LogP contribution in [-0.4, -0.2) is 48.5 Å². The summed E-state index contributed by atoms with van der Waals surface area (Å²) in [6.07, 6.45) is 3.33. The molecule has 5 nitrogen and oxygen atoms in total. The molecule has 0 spiro atoms. The maximum absolute atomic E-state index is 11.7. The minimum Gasteiger partial charge on any atom is -0.324 e. The Bertz CT molecular complexity index is 335. The Kier molecular flexibility index (Phi) is 3.85. The first-order valence-electron chi connectivity index (χ1n) is 5.47. The molecular weight excluding hydrogens is 204 g/mol. The number of hydrogen-bond acceptors (Lipinski definition) is 4. The van der Waals surface area contributed by atoms with Crippen LogP contribution in [0.4, 0.5) is 5.69 Å². The van der Waals surface area contributed by atoms with Gasteiger partial charge in [-0.2, -0.15) is 0 Å². The molecule has 1 fully saturated rings. The molecule has 0 radical (unpaired) electrons. The number of hydrogen-bond donors (Lipinski definition) is 2. The van der Waals surface area contributed by atoms with Crippen molar-refractivity contribution in [1.29, 1.82) is 0 Å². The van der Waals surface area contributed by atoms with E-state index in [1.807, 2.05) is 6.07 Å². The lowest BCUT2D eigenvalue weighted by Gasteiger charge is -2.26. The number of pyridine rings is 1. The lowest BCUT2D eigenvalue weighted by Crippen LogP contribution is -2.46. The molecule has 1 aromatic rings. The average molecular weight is 220 g/mol. The summed E-state index contributed by atoms with van der Waals surface area (Å²) in [6, 6.07) is 3.64. The zero-order valence-electron chi connectivity index (χ0n) is 9.15. The van der Waals surface area contributed by atoms with Crippen LogP contribution in [-0.2, 0) is 4.79 Å². The fourth-order valence-corrected chi connectivity index (χ4v) is 1.71. The molecule has 0 atom stereocenters. The van der Waals surface area contributed by atoms with Crippen LogP contribution in [0.3, 0.4) is 0 Å². The number of piperazine rings is 1. The predicted octanol–water partition coefficient (Wildman–Crippen LogP) is -0.0747. The Balaban J connectivity index is 1.80. The van der Waals surface area contributed by atoms with Crippen LogP contribution in [0.5, 0.6) is 0 Å². The van der Waals surface area contributed by atoms with Gasteiger partial charge in [0.2, 0.25) is 5.91 Å². The molecule has 1 aromatic heterocycles. The quantitative estimate of drug-likeness (QED) is 0.748. The summed E-state index contributed by atoms with van der Waals surface area (Å²) in [5, 5.41) is 6.08. The van der Waals surface area contributed by atoms with E-state index in [-0.39, 0.29) is 5.91 Å². The van der Waals surface area contributed by atoms with Crippen molar-refractivity contribution in [1.82, 2.24) is 15.2 Å². The third-order valence-electron chi connectivity index (χ3n) is 2.52. The van der Waals surface area contributed by atoms with Gasteiger partial charge in [-0.15, -0.1) is 0 Å². The van der Waals surface area contributed by atoms with Crippen molar-refractivity contribution in [2.45, 2.75) is 0 Å². The van der Waals surface area contributed by atoms with Gasteiger partial charge >= 0.3 is 0 Å². The Morgan fingerprint density at radius 2 is 2.31 bits per heavy atom. The van der Waals surface area contributed by atoms with Gasteiger partial charge < -0.3 is 10.6 Å². The number of nitrogens with one attached hydrogen (secondary N) is 2. The second-order valence-electron chi connectivity index (χ2n) is 3.82. The van der Waals surface area contributed by atoms with E-state index in [2.05, 4.69) is 20.5 Å². The summed E-state index contributed by atoms with van der Waals surface area (Å²) >= 11 is 0. The summed E-state index contributed by atoms with van der Waals surface area (Å²) in [4.78, 5) is 17.8. The van der Waals surface area contributed by atoms with E-state index in [1.165, 1.54) is 0 Å². The fourth-order valence-electron chi connectivity index (χ4n) is 1.71. The maximum Gasteiger partial charge on any atom is 0.238 e. The summed E-state index contributed by atoms with van der Waals surface area (Å²) in [6.45, 7) is 4.23. The normalized spacial score (nSPS) is 17.0. The minimum atomic E-state index is 0.0231. The van der Waals surface area contributed by atoms with Crippen LogP contribution in [0.2, 0.25) is 0 Å². The Hall–Kier alpha value is -1.46. The van der Waals surface area contributed by atoms with Crippen molar-refractivity contribution in [3.63, 3.8) is 0 Å². The fraction of sp³-hybridized carbons (Fsp3) is 0.455. The van der Waals surface area contributed by atoms with Crippen molar-refractivity contribution in [3.8, 4) is 0 Å². The molecule has 2 heterocycles. The molecule has 2 N–H and O–H groups in total. The van der Waals surface area contributed by atoms with Crippen molar-refractivity contribution in [3.05, 3.63) is 24.5 Å². The highest BCUT2D eigenvalue weighted by atomic mass is 16.2. The van der Waals surface area contributed by atoms with Crippen molar-refractivity contribution in [2.24, 2.45) is 0 Å². The van der Waals surface area contributed by atoms with Crippen LogP contribution in [0.1, 0.15) is 0 Å². The van der Waals surface area contributed by atoms with Crippen molar-refractivity contribution >= 4 is 11.6 Å². The van der Waals surface area contributed by atoms with Crippen molar-refractivity contribution < 1.29 is 4.79 Å². The van der Waals surface area contributed by atoms with Gasteiger partial charge in [-0.1, -0.05) is 0 Å². The van der Waals surface area contributed by atoms with E-state index >= 15 is 0 Å². The number of anilines is 1.